The molecule has 0 saturated carbocycles. The fourth-order valence-electron chi connectivity index (χ4n) is 4.28. The quantitative estimate of drug-likeness (QED) is 0.564. The van der Waals surface area contributed by atoms with Gasteiger partial charge in [-0.25, -0.2) is 21.8 Å². The number of aromatic nitrogens is 2. The van der Waals surface area contributed by atoms with Gasteiger partial charge in [-0.3, -0.25) is 4.90 Å². The minimum atomic E-state index is -3.58. The number of nitrogens with zero attached hydrogens (tertiary/aromatic N) is 5. The molecule has 2 aliphatic rings. The van der Waals surface area contributed by atoms with Gasteiger partial charge in [0.15, 0.2) is 0 Å². The van der Waals surface area contributed by atoms with Crippen LogP contribution in [0.15, 0.2) is 23.1 Å². The highest BCUT2D eigenvalue weighted by atomic mass is 32.2. The first-order valence-corrected chi connectivity index (χ1v) is 14.1. The van der Waals surface area contributed by atoms with Crippen molar-refractivity contribution in [3.63, 3.8) is 0 Å². The highest BCUT2D eigenvalue weighted by molar-refractivity contribution is 7.89. The average molecular weight is 486 g/mol. The Morgan fingerprint density at radius 1 is 0.938 bits per heavy atom. The second-order valence-corrected chi connectivity index (χ2v) is 12.2. The molecule has 178 valence electrons. The van der Waals surface area contributed by atoms with Crippen LogP contribution in [0.1, 0.15) is 19.7 Å². The van der Waals surface area contributed by atoms with Crippen LogP contribution in [0, 0.1) is 0 Å². The zero-order valence-electron chi connectivity index (χ0n) is 18.6. The topological polar surface area (TPSA) is 105 Å². The predicted octanol–water partition coefficient (Wildman–Crippen LogP) is 0.544. The van der Waals surface area contributed by atoms with E-state index in [0.717, 1.165) is 11.3 Å². The lowest BCUT2D eigenvalue weighted by Crippen LogP contribution is -2.48. The summed E-state index contributed by atoms with van der Waals surface area (Å²) >= 11 is 0. The zero-order chi connectivity index (χ0) is 22.9. The molecule has 2 aliphatic heterocycles. The Balaban J connectivity index is 1.54. The van der Waals surface area contributed by atoms with E-state index >= 15 is 0 Å². The largest absolute Gasteiger partial charge is 0.379 e. The van der Waals surface area contributed by atoms with Crippen LogP contribution in [0.25, 0.3) is 11.0 Å². The maximum Gasteiger partial charge on any atom is 0.243 e. The van der Waals surface area contributed by atoms with E-state index in [0.29, 0.717) is 71.1 Å². The van der Waals surface area contributed by atoms with Gasteiger partial charge >= 0.3 is 0 Å². The SMILES string of the molecule is CCn1c(CN2CCN(S(=O)(=O)CC)CC2)nc2cc(S(=O)(=O)N3CCOCC3)ccc21. The number of fused-ring (bicyclic) bond motifs is 1. The first-order chi connectivity index (χ1) is 15.3. The van der Waals surface area contributed by atoms with Gasteiger partial charge < -0.3 is 9.30 Å². The number of benzene rings is 1. The van der Waals surface area contributed by atoms with Crippen molar-refractivity contribution in [1.29, 1.82) is 0 Å². The molecule has 0 bridgehead atoms. The van der Waals surface area contributed by atoms with Crippen molar-refractivity contribution < 1.29 is 21.6 Å². The minimum absolute atomic E-state index is 0.119. The lowest BCUT2D eigenvalue weighted by Gasteiger charge is -2.33. The summed E-state index contributed by atoms with van der Waals surface area (Å²) in [4.78, 5) is 7.21. The first kappa shape index (κ1) is 23.6. The molecular formula is C20H31N5O5S2. The third-order valence-corrected chi connectivity index (χ3v) is 9.95. The van der Waals surface area contributed by atoms with Gasteiger partial charge in [-0.05, 0) is 32.0 Å². The lowest BCUT2D eigenvalue weighted by atomic mass is 10.3. The van der Waals surface area contributed by atoms with Gasteiger partial charge in [-0.15, -0.1) is 0 Å². The summed E-state index contributed by atoms with van der Waals surface area (Å²) in [6.07, 6.45) is 0. The van der Waals surface area contributed by atoms with E-state index in [4.69, 9.17) is 9.72 Å². The van der Waals surface area contributed by atoms with Crippen LogP contribution in [0.5, 0.6) is 0 Å². The van der Waals surface area contributed by atoms with Crippen LogP contribution in [0.2, 0.25) is 0 Å². The molecule has 0 radical (unpaired) electrons. The summed E-state index contributed by atoms with van der Waals surface area (Å²) in [5, 5.41) is 0. The second kappa shape index (κ2) is 9.35. The van der Waals surface area contributed by atoms with Gasteiger partial charge in [0.2, 0.25) is 20.0 Å². The van der Waals surface area contributed by atoms with Crippen LogP contribution >= 0.6 is 0 Å². The number of ether oxygens (including phenoxy) is 1. The summed E-state index contributed by atoms with van der Waals surface area (Å²) in [6, 6.07) is 5.13. The molecule has 2 aromatic rings. The number of piperazine rings is 1. The highest BCUT2D eigenvalue weighted by Gasteiger charge is 2.28. The van der Waals surface area contributed by atoms with E-state index < -0.39 is 20.0 Å². The minimum Gasteiger partial charge on any atom is -0.379 e. The molecule has 1 aromatic heterocycles. The molecule has 0 N–H and O–H groups in total. The normalized spacial score (nSPS) is 20.2. The van der Waals surface area contributed by atoms with Crippen molar-refractivity contribution in [2.45, 2.75) is 31.8 Å². The molecule has 32 heavy (non-hydrogen) atoms. The van der Waals surface area contributed by atoms with Crippen molar-refractivity contribution in [3.8, 4) is 0 Å². The number of hydrogen-bond donors (Lipinski definition) is 0. The van der Waals surface area contributed by atoms with Gasteiger partial charge in [-0.1, -0.05) is 0 Å². The van der Waals surface area contributed by atoms with Gasteiger partial charge in [0.25, 0.3) is 0 Å². The number of sulfonamides is 2. The maximum atomic E-state index is 13.0. The average Bonchev–Trinajstić information content (AvgIpc) is 3.16. The molecular weight excluding hydrogens is 454 g/mol. The molecule has 1 aromatic carbocycles. The van der Waals surface area contributed by atoms with E-state index in [1.54, 1.807) is 23.4 Å². The second-order valence-electron chi connectivity index (χ2n) is 8.02. The van der Waals surface area contributed by atoms with Crippen molar-refractivity contribution in [3.05, 3.63) is 24.0 Å². The number of morpholine rings is 1. The smallest absolute Gasteiger partial charge is 0.243 e. The number of rotatable bonds is 7. The Morgan fingerprint density at radius 2 is 1.62 bits per heavy atom. The molecule has 0 atom stereocenters. The van der Waals surface area contributed by atoms with Gasteiger partial charge in [-0.2, -0.15) is 8.61 Å². The fraction of sp³-hybridized carbons (Fsp3) is 0.650. The van der Waals surface area contributed by atoms with Gasteiger partial charge in [0.1, 0.15) is 5.82 Å². The predicted molar refractivity (Wildman–Crippen MR) is 121 cm³/mol. The molecule has 0 aliphatic carbocycles. The number of aryl methyl sites for hydroxylation is 1. The Labute approximate surface area is 189 Å². The molecule has 2 saturated heterocycles. The van der Waals surface area contributed by atoms with Gasteiger partial charge in [0.05, 0.1) is 41.4 Å². The van der Waals surface area contributed by atoms with Crippen LogP contribution < -0.4 is 0 Å². The zero-order valence-corrected chi connectivity index (χ0v) is 20.2. The Morgan fingerprint density at radius 3 is 2.25 bits per heavy atom. The van der Waals surface area contributed by atoms with Crippen LogP contribution in [0.4, 0.5) is 0 Å². The van der Waals surface area contributed by atoms with Crippen molar-refractivity contribution in [2.75, 3.05) is 58.2 Å². The Hall–Kier alpha value is -1.57. The summed E-state index contributed by atoms with van der Waals surface area (Å²) in [5.41, 5.74) is 1.55. The molecule has 0 amide bonds. The monoisotopic (exact) mass is 485 g/mol. The van der Waals surface area contributed by atoms with Crippen molar-refractivity contribution >= 4 is 31.1 Å². The van der Waals surface area contributed by atoms with Crippen molar-refractivity contribution in [1.82, 2.24) is 23.1 Å². The van der Waals surface area contributed by atoms with Gasteiger partial charge in [0, 0.05) is 45.8 Å². The Bertz CT molecular complexity index is 1160. The van der Waals surface area contributed by atoms with Crippen LogP contribution in [-0.2, 0) is 37.9 Å². The van der Waals surface area contributed by atoms with Crippen molar-refractivity contribution in [2.24, 2.45) is 0 Å². The standard InChI is InChI=1S/C20H31N5O5S2/c1-3-25-19-6-5-17(32(28,29)24-11-13-30-14-12-24)15-18(19)21-20(25)16-22-7-9-23(10-8-22)31(26,27)4-2/h5-6,15H,3-4,7-14,16H2,1-2H3. The molecule has 12 heteroatoms. The van der Waals surface area contributed by atoms with E-state index in [2.05, 4.69) is 9.47 Å². The molecule has 3 heterocycles. The number of imidazole rings is 1. The third-order valence-electron chi connectivity index (χ3n) is 6.18. The fourth-order valence-corrected chi connectivity index (χ4v) is 6.79. The molecule has 0 unspecified atom stereocenters. The van der Waals surface area contributed by atoms with Crippen LogP contribution in [-0.4, -0.2) is 98.1 Å². The maximum absolute atomic E-state index is 13.0. The molecule has 2 fully saturated rings. The molecule has 10 nitrogen and oxygen atoms in total. The summed E-state index contributed by atoms with van der Waals surface area (Å²) in [6.45, 7) is 8.77. The lowest BCUT2D eigenvalue weighted by molar-refractivity contribution is 0.0730. The van der Waals surface area contributed by atoms with E-state index in [1.165, 1.54) is 4.31 Å². The summed E-state index contributed by atoms with van der Waals surface area (Å²) < 4.78 is 60.6. The number of hydrogen-bond acceptors (Lipinski definition) is 7. The first-order valence-electron chi connectivity index (χ1n) is 11.0. The van der Waals surface area contributed by atoms with E-state index in [9.17, 15) is 16.8 Å². The van der Waals surface area contributed by atoms with Crippen LogP contribution in [0.3, 0.4) is 0 Å². The van der Waals surface area contributed by atoms with E-state index in [1.807, 2.05) is 13.0 Å². The third kappa shape index (κ3) is 4.57. The summed E-state index contributed by atoms with van der Waals surface area (Å²) in [5.74, 6) is 0.976. The Kier molecular flexibility index (Phi) is 6.89. The molecule has 0 spiro atoms. The molecule has 4 rings (SSSR count). The van der Waals surface area contributed by atoms with E-state index in [-0.39, 0.29) is 10.6 Å². The summed E-state index contributed by atoms with van der Waals surface area (Å²) in [7, 11) is -6.74. The highest BCUT2D eigenvalue weighted by Crippen LogP contribution is 2.24.